The molecule has 1 aromatic rings. The Hall–Kier alpha value is -1.92. The van der Waals surface area contributed by atoms with Crippen molar-refractivity contribution >= 4 is 33.9 Å². The first kappa shape index (κ1) is 11.6. The average Bonchev–Trinajstić information content (AvgIpc) is 2.65. The standard InChI is InChI=1S/C13H5IN2O/c14-5-11-12(8(6-15)7-16)9-3-1-2-4-10(9)13(11)17/h1-5H/b11-5+. The van der Waals surface area contributed by atoms with E-state index in [4.69, 9.17) is 10.5 Å². The maximum absolute atomic E-state index is 12.0. The molecule has 3 nitrogen and oxygen atoms in total. The smallest absolute Gasteiger partial charge is 0.194 e. The maximum atomic E-state index is 12.0. The lowest BCUT2D eigenvalue weighted by atomic mass is 10.0. The highest BCUT2D eigenvalue weighted by molar-refractivity contribution is 14.1. The number of Topliss-reactive ketones (excluding diaryl/α,β-unsaturated/α-hetero) is 1. The fourth-order valence-corrected chi connectivity index (χ4v) is 2.41. The van der Waals surface area contributed by atoms with Crippen LogP contribution in [0.1, 0.15) is 15.9 Å². The van der Waals surface area contributed by atoms with Crippen molar-refractivity contribution < 1.29 is 4.79 Å². The van der Waals surface area contributed by atoms with Crippen LogP contribution in [0.25, 0.3) is 5.57 Å². The average molecular weight is 332 g/mol. The van der Waals surface area contributed by atoms with Gasteiger partial charge < -0.3 is 0 Å². The zero-order valence-electron chi connectivity index (χ0n) is 8.57. The van der Waals surface area contributed by atoms with E-state index in [0.717, 1.165) is 0 Å². The molecular weight excluding hydrogens is 327 g/mol. The van der Waals surface area contributed by atoms with Crippen LogP contribution in [-0.2, 0) is 0 Å². The van der Waals surface area contributed by atoms with Crippen LogP contribution in [0, 0.1) is 22.7 Å². The van der Waals surface area contributed by atoms with Crippen LogP contribution in [0.3, 0.4) is 0 Å². The molecule has 17 heavy (non-hydrogen) atoms. The number of hydrogen-bond acceptors (Lipinski definition) is 3. The van der Waals surface area contributed by atoms with E-state index in [2.05, 4.69) is 0 Å². The van der Waals surface area contributed by atoms with E-state index in [-0.39, 0.29) is 11.4 Å². The second-order valence-electron chi connectivity index (χ2n) is 3.37. The summed E-state index contributed by atoms with van der Waals surface area (Å²) in [7, 11) is 0. The van der Waals surface area contributed by atoms with Gasteiger partial charge >= 0.3 is 0 Å². The number of carbonyl (C=O) groups excluding carboxylic acids is 1. The molecule has 0 spiro atoms. The van der Waals surface area contributed by atoms with E-state index >= 15 is 0 Å². The topological polar surface area (TPSA) is 64.7 Å². The predicted molar refractivity (Wildman–Crippen MR) is 71.0 cm³/mol. The molecule has 1 aliphatic carbocycles. The zero-order chi connectivity index (χ0) is 12.4. The molecule has 0 atom stereocenters. The predicted octanol–water partition coefficient (Wildman–Crippen LogP) is 3.00. The second-order valence-corrected chi connectivity index (χ2v) is 3.99. The second kappa shape index (κ2) is 4.52. The van der Waals surface area contributed by atoms with Crippen LogP contribution in [-0.4, -0.2) is 5.78 Å². The van der Waals surface area contributed by atoms with Crippen molar-refractivity contribution in [1.29, 1.82) is 10.5 Å². The summed E-state index contributed by atoms with van der Waals surface area (Å²) in [6, 6.07) is 10.7. The van der Waals surface area contributed by atoms with Gasteiger partial charge in [0.25, 0.3) is 0 Å². The SMILES string of the molecule is N#CC(C#N)=C1/C(=C\I)C(=O)c2ccccc21. The number of nitriles is 2. The normalized spacial score (nSPS) is 15.4. The Morgan fingerprint density at radius 1 is 1.18 bits per heavy atom. The summed E-state index contributed by atoms with van der Waals surface area (Å²) >= 11 is 1.95. The van der Waals surface area contributed by atoms with Crippen LogP contribution in [0.5, 0.6) is 0 Å². The van der Waals surface area contributed by atoms with E-state index in [0.29, 0.717) is 22.3 Å². The number of benzene rings is 1. The fraction of sp³-hybridized carbons (Fsp3) is 0. The zero-order valence-corrected chi connectivity index (χ0v) is 10.7. The Morgan fingerprint density at radius 2 is 1.76 bits per heavy atom. The molecule has 2 rings (SSSR count). The molecular formula is C13H5IN2O. The number of carbonyl (C=O) groups is 1. The molecule has 0 bridgehead atoms. The lowest BCUT2D eigenvalue weighted by Crippen LogP contribution is -1.94. The van der Waals surface area contributed by atoms with Crippen LogP contribution in [0.4, 0.5) is 0 Å². The van der Waals surface area contributed by atoms with Gasteiger partial charge in [0.15, 0.2) is 5.78 Å². The van der Waals surface area contributed by atoms with Gasteiger partial charge in [0.05, 0.1) is 0 Å². The summed E-state index contributed by atoms with van der Waals surface area (Å²) in [5.74, 6) is -0.131. The Bertz CT molecular complexity index is 641. The first-order valence-corrected chi connectivity index (χ1v) is 5.98. The van der Waals surface area contributed by atoms with Crippen LogP contribution in [0.2, 0.25) is 0 Å². The molecule has 0 amide bonds. The molecule has 0 fully saturated rings. The number of halogens is 1. The maximum Gasteiger partial charge on any atom is 0.194 e. The molecule has 0 N–H and O–H groups in total. The third kappa shape index (κ3) is 1.67. The molecule has 0 saturated carbocycles. The summed E-state index contributed by atoms with van der Waals surface area (Å²) in [5, 5.41) is 17.9. The summed E-state index contributed by atoms with van der Waals surface area (Å²) in [4.78, 5) is 12.0. The Balaban J connectivity index is 2.87. The minimum atomic E-state index is -0.131. The Kier molecular flexibility index (Phi) is 3.08. The Labute approximate surface area is 112 Å². The van der Waals surface area contributed by atoms with Gasteiger partial charge in [-0.1, -0.05) is 46.9 Å². The third-order valence-corrected chi connectivity index (χ3v) is 3.16. The summed E-state index contributed by atoms with van der Waals surface area (Å²) < 4.78 is 1.62. The van der Waals surface area contributed by atoms with Crippen molar-refractivity contribution in [2.24, 2.45) is 0 Å². The molecule has 0 heterocycles. The van der Waals surface area contributed by atoms with E-state index in [1.807, 2.05) is 34.7 Å². The van der Waals surface area contributed by atoms with Gasteiger partial charge in [0.2, 0.25) is 0 Å². The Morgan fingerprint density at radius 3 is 2.29 bits per heavy atom. The van der Waals surface area contributed by atoms with Gasteiger partial charge in [-0.05, 0) is 9.65 Å². The fourth-order valence-electron chi connectivity index (χ4n) is 1.81. The number of fused-ring (bicyclic) bond motifs is 1. The molecule has 4 heteroatoms. The van der Waals surface area contributed by atoms with E-state index in [1.165, 1.54) is 0 Å². The third-order valence-electron chi connectivity index (χ3n) is 2.54. The summed E-state index contributed by atoms with van der Waals surface area (Å²) in [6.45, 7) is 0. The van der Waals surface area contributed by atoms with Crippen LogP contribution >= 0.6 is 22.6 Å². The minimum Gasteiger partial charge on any atom is -0.289 e. The van der Waals surface area contributed by atoms with Gasteiger partial charge in [-0.2, -0.15) is 10.5 Å². The molecule has 1 aromatic carbocycles. The van der Waals surface area contributed by atoms with E-state index < -0.39 is 0 Å². The van der Waals surface area contributed by atoms with Crippen LogP contribution < -0.4 is 0 Å². The van der Waals surface area contributed by atoms with Gasteiger partial charge in [-0.25, -0.2) is 0 Å². The number of allylic oxidation sites excluding steroid dienone is 3. The number of nitrogens with zero attached hydrogens (tertiary/aromatic N) is 2. The van der Waals surface area contributed by atoms with Crippen molar-refractivity contribution in [3.63, 3.8) is 0 Å². The number of rotatable bonds is 0. The van der Waals surface area contributed by atoms with Gasteiger partial charge in [-0.15, -0.1) is 0 Å². The highest BCUT2D eigenvalue weighted by Crippen LogP contribution is 2.38. The molecule has 0 unspecified atom stereocenters. The van der Waals surface area contributed by atoms with Gasteiger partial charge in [-0.3, -0.25) is 4.79 Å². The van der Waals surface area contributed by atoms with Gasteiger partial charge in [0.1, 0.15) is 17.7 Å². The number of hydrogen-bond donors (Lipinski definition) is 0. The molecule has 0 aliphatic heterocycles. The highest BCUT2D eigenvalue weighted by atomic mass is 127. The minimum absolute atomic E-state index is 0.0220. The summed E-state index contributed by atoms with van der Waals surface area (Å²) in [6.07, 6.45) is 0. The molecule has 0 radical (unpaired) electrons. The molecule has 1 aliphatic rings. The first-order chi connectivity index (χ1) is 8.24. The lowest BCUT2D eigenvalue weighted by molar-refractivity contribution is 0.104. The quantitative estimate of drug-likeness (QED) is 0.417. The monoisotopic (exact) mass is 332 g/mol. The van der Waals surface area contributed by atoms with Crippen molar-refractivity contribution in [3.05, 3.63) is 50.6 Å². The molecule has 80 valence electrons. The first-order valence-electron chi connectivity index (χ1n) is 4.74. The van der Waals surface area contributed by atoms with Crippen molar-refractivity contribution in [2.45, 2.75) is 0 Å². The highest BCUT2D eigenvalue weighted by Gasteiger charge is 2.31. The lowest BCUT2D eigenvalue weighted by Gasteiger charge is -1.99. The molecule has 0 saturated heterocycles. The van der Waals surface area contributed by atoms with E-state index in [9.17, 15) is 4.79 Å². The molecule has 0 aromatic heterocycles. The van der Waals surface area contributed by atoms with Crippen molar-refractivity contribution in [1.82, 2.24) is 0 Å². The largest absolute Gasteiger partial charge is 0.289 e. The van der Waals surface area contributed by atoms with Crippen LogP contribution in [0.15, 0.2) is 39.5 Å². The summed E-state index contributed by atoms with van der Waals surface area (Å²) in [5.41, 5.74) is 2.06. The van der Waals surface area contributed by atoms with Crippen molar-refractivity contribution in [2.75, 3.05) is 0 Å². The van der Waals surface area contributed by atoms with Gasteiger partial charge in [0, 0.05) is 16.7 Å². The number of ketones is 1. The van der Waals surface area contributed by atoms with Crippen molar-refractivity contribution in [3.8, 4) is 12.1 Å². The van der Waals surface area contributed by atoms with E-state index in [1.54, 1.807) is 28.3 Å².